The van der Waals surface area contributed by atoms with Gasteiger partial charge in [-0.05, 0) is 44.5 Å². The second-order valence-corrected chi connectivity index (χ2v) is 6.72. The number of nitrogens with one attached hydrogen (secondary N) is 1. The Balaban J connectivity index is 1.65. The Morgan fingerprint density at radius 1 is 1.00 bits per heavy atom. The number of carbonyl (C=O) groups is 2. The van der Waals surface area contributed by atoms with Crippen LogP contribution in [0, 0.1) is 0 Å². The molecule has 140 valence electrons. The van der Waals surface area contributed by atoms with Gasteiger partial charge in [-0.3, -0.25) is 4.79 Å². The Kier molecular flexibility index (Phi) is 5.72. The molecule has 0 aliphatic rings. The number of para-hydroxylation sites is 1. The number of hydrogen-bond donors (Lipinski definition) is 1. The molecule has 0 saturated carbocycles. The second kappa shape index (κ2) is 8.18. The van der Waals surface area contributed by atoms with Crippen molar-refractivity contribution in [3.05, 3.63) is 71.4 Å². The largest absolute Gasteiger partial charge is 0.451 e. The molecule has 5 nitrogen and oxygen atoms in total. The van der Waals surface area contributed by atoms with E-state index in [2.05, 4.69) is 4.98 Å². The average molecular weight is 365 g/mol. The van der Waals surface area contributed by atoms with E-state index in [4.69, 9.17) is 9.47 Å². The van der Waals surface area contributed by atoms with Gasteiger partial charge in [0.25, 0.3) is 0 Å². The number of rotatable bonds is 7. The zero-order valence-corrected chi connectivity index (χ0v) is 15.7. The maximum atomic E-state index is 12.7. The number of Topliss-reactive ketones (excluding diaryl/α,β-unsaturated/α-hetero) is 1. The molecule has 0 aliphatic heterocycles. The van der Waals surface area contributed by atoms with Gasteiger partial charge in [0.05, 0.1) is 18.3 Å². The van der Waals surface area contributed by atoms with Crippen LogP contribution in [0.5, 0.6) is 0 Å². The summed E-state index contributed by atoms with van der Waals surface area (Å²) in [5, 5.41) is 0.819. The van der Waals surface area contributed by atoms with Gasteiger partial charge in [-0.15, -0.1) is 0 Å². The standard InChI is InChI=1S/C22H23NO4/c1-14(2)26-13-16-8-10-17(11-9-16)22(25)27-15(3)21(24)19-12-23-20-7-5-4-6-18(19)20/h4-12,14-15,23H,13H2,1-3H3/t15-/m1/s1. The maximum absolute atomic E-state index is 12.7. The van der Waals surface area contributed by atoms with Gasteiger partial charge in [0.2, 0.25) is 5.78 Å². The minimum Gasteiger partial charge on any atom is -0.451 e. The van der Waals surface area contributed by atoms with Crippen LogP contribution in [0.3, 0.4) is 0 Å². The first kappa shape index (κ1) is 18.9. The van der Waals surface area contributed by atoms with E-state index < -0.39 is 12.1 Å². The third-order valence-corrected chi connectivity index (χ3v) is 4.28. The van der Waals surface area contributed by atoms with E-state index in [9.17, 15) is 9.59 Å². The van der Waals surface area contributed by atoms with E-state index in [-0.39, 0.29) is 11.9 Å². The molecule has 0 saturated heterocycles. The molecule has 0 aliphatic carbocycles. The maximum Gasteiger partial charge on any atom is 0.338 e. The fourth-order valence-corrected chi connectivity index (χ4v) is 2.78. The lowest BCUT2D eigenvalue weighted by Gasteiger charge is -2.12. The van der Waals surface area contributed by atoms with Crippen LogP contribution in [0.4, 0.5) is 0 Å². The molecule has 0 radical (unpaired) electrons. The molecular formula is C22H23NO4. The number of ketones is 1. The van der Waals surface area contributed by atoms with Crippen LogP contribution in [0.15, 0.2) is 54.7 Å². The van der Waals surface area contributed by atoms with E-state index in [1.807, 2.05) is 50.2 Å². The third-order valence-electron chi connectivity index (χ3n) is 4.28. The predicted molar refractivity (Wildman–Crippen MR) is 104 cm³/mol. The van der Waals surface area contributed by atoms with Crippen molar-refractivity contribution in [1.29, 1.82) is 0 Å². The Bertz CT molecular complexity index is 940. The highest BCUT2D eigenvalue weighted by molar-refractivity contribution is 6.10. The van der Waals surface area contributed by atoms with Crippen LogP contribution >= 0.6 is 0 Å². The van der Waals surface area contributed by atoms with Crippen molar-refractivity contribution in [2.75, 3.05) is 0 Å². The third kappa shape index (κ3) is 4.44. The lowest BCUT2D eigenvalue weighted by molar-refractivity contribution is 0.0319. The SMILES string of the molecule is CC(C)OCc1ccc(C(=O)O[C@H](C)C(=O)c2c[nH]c3ccccc23)cc1. The van der Waals surface area contributed by atoms with Crippen molar-refractivity contribution in [2.45, 2.75) is 39.6 Å². The molecule has 1 aromatic heterocycles. The van der Waals surface area contributed by atoms with Gasteiger partial charge in [-0.2, -0.15) is 0 Å². The highest BCUT2D eigenvalue weighted by Gasteiger charge is 2.22. The molecule has 0 bridgehead atoms. The van der Waals surface area contributed by atoms with Gasteiger partial charge in [-0.25, -0.2) is 4.79 Å². The normalized spacial score (nSPS) is 12.3. The van der Waals surface area contributed by atoms with Crippen molar-refractivity contribution in [1.82, 2.24) is 4.98 Å². The van der Waals surface area contributed by atoms with Crippen LogP contribution in [0.1, 0.15) is 47.1 Å². The molecule has 2 aromatic carbocycles. The fraction of sp³-hybridized carbons (Fsp3) is 0.273. The average Bonchev–Trinajstić information content (AvgIpc) is 3.10. The van der Waals surface area contributed by atoms with Gasteiger partial charge >= 0.3 is 5.97 Å². The molecule has 1 heterocycles. The molecule has 0 unspecified atom stereocenters. The van der Waals surface area contributed by atoms with Crippen molar-refractivity contribution < 1.29 is 19.1 Å². The quantitative estimate of drug-likeness (QED) is 0.494. The predicted octanol–water partition coefficient (Wildman–Crippen LogP) is 4.52. The zero-order valence-electron chi connectivity index (χ0n) is 15.7. The smallest absolute Gasteiger partial charge is 0.338 e. The van der Waals surface area contributed by atoms with E-state index >= 15 is 0 Å². The fourth-order valence-electron chi connectivity index (χ4n) is 2.78. The molecule has 1 atom stereocenters. The zero-order chi connectivity index (χ0) is 19.4. The van der Waals surface area contributed by atoms with Crippen molar-refractivity contribution in [2.24, 2.45) is 0 Å². The summed E-state index contributed by atoms with van der Waals surface area (Å²) in [5.41, 5.74) is 2.77. The van der Waals surface area contributed by atoms with Crippen molar-refractivity contribution >= 4 is 22.7 Å². The van der Waals surface area contributed by atoms with E-state index in [0.29, 0.717) is 17.7 Å². The summed E-state index contributed by atoms with van der Waals surface area (Å²) in [6, 6.07) is 14.5. The van der Waals surface area contributed by atoms with E-state index in [1.54, 1.807) is 25.3 Å². The summed E-state index contributed by atoms with van der Waals surface area (Å²) < 4.78 is 10.9. The lowest BCUT2D eigenvalue weighted by Crippen LogP contribution is -2.24. The van der Waals surface area contributed by atoms with Crippen LogP contribution in [0.2, 0.25) is 0 Å². The minimum atomic E-state index is -0.874. The molecule has 1 N–H and O–H groups in total. The number of ether oxygens (including phenoxy) is 2. The summed E-state index contributed by atoms with van der Waals surface area (Å²) in [6.45, 7) is 6.02. The number of H-pyrrole nitrogens is 1. The number of carbonyl (C=O) groups excluding carboxylic acids is 2. The lowest BCUT2D eigenvalue weighted by atomic mass is 10.1. The molecule has 0 amide bonds. The summed E-state index contributed by atoms with van der Waals surface area (Å²) in [6.07, 6.45) is 0.924. The van der Waals surface area contributed by atoms with Crippen molar-refractivity contribution in [3.8, 4) is 0 Å². The molecule has 0 spiro atoms. The topological polar surface area (TPSA) is 68.4 Å². The van der Waals surface area contributed by atoms with Crippen LogP contribution in [0.25, 0.3) is 10.9 Å². The Morgan fingerprint density at radius 2 is 1.70 bits per heavy atom. The number of esters is 1. The van der Waals surface area contributed by atoms with Gasteiger partial charge in [0.15, 0.2) is 6.10 Å². The summed E-state index contributed by atoms with van der Waals surface area (Å²) in [7, 11) is 0. The van der Waals surface area contributed by atoms with E-state index in [1.165, 1.54) is 0 Å². The van der Waals surface area contributed by atoms with Gasteiger partial charge in [0, 0.05) is 22.7 Å². The highest BCUT2D eigenvalue weighted by atomic mass is 16.5. The summed E-state index contributed by atoms with van der Waals surface area (Å²) >= 11 is 0. The first-order valence-corrected chi connectivity index (χ1v) is 8.97. The highest BCUT2D eigenvalue weighted by Crippen LogP contribution is 2.20. The van der Waals surface area contributed by atoms with Crippen LogP contribution in [-0.2, 0) is 16.1 Å². The number of benzene rings is 2. The van der Waals surface area contributed by atoms with Crippen LogP contribution in [-0.4, -0.2) is 28.9 Å². The summed E-state index contributed by atoms with van der Waals surface area (Å²) in [4.78, 5) is 28.1. The first-order chi connectivity index (χ1) is 13.0. The Morgan fingerprint density at radius 3 is 2.41 bits per heavy atom. The number of aromatic nitrogens is 1. The summed E-state index contributed by atoms with van der Waals surface area (Å²) in [5.74, 6) is -0.755. The van der Waals surface area contributed by atoms with Gasteiger partial charge in [-0.1, -0.05) is 30.3 Å². The van der Waals surface area contributed by atoms with Gasteiger partial charge < -0.3 is 14.5 Å². The molecule has 5 heteroatoms. The molecular weight excluding hydrogens is 342 g/mol. The van der Waals surface area contributed by atoms with Crippen LogP contribution < -0.4 is 0 Å². The Hall–Kier alpha value is -2.92. The van der Waals surface area contributed by atoms with E-state index in [0.717, 1.165) is 16.5 Å². The van der Waals surface area contributed by atoms with Crippen molar-refractivity contribution in [3.63, 3.8) is 0 Å². The molecule has 3 rings (SSSR count). The molecule has 27 heavy (non-hydrogen) atoms. The number of fused-ring (bicyclic) bond motifs is 1. The monoisotopic (exact) mass is 365 g/mol. The Labute approximate surface area is 158 Å². The van der Waals surface area contributed by atoms with Gasteiger partial charge in [0.1, 0.15) is 0 Å². The molecule has 0 fully saturated rings. The molecule has 3 aromatic rings. The first-order valence-electron chi connectivity index (χ1n) is 8.97. The second-order valence-electron chi connectivity index (χ2n) is 6.72. The minimum absolute atomic E-state index is 0.144. The number of hydrogen-bond acceptors (Lipinski definition) is 4. The number of aromatic amines is 1.